The lowest BCUT2D eigenvalue weighted by Crippen LogP contribution is -2.29. The van der Waals surface area contributed by atoms with Gasteiger partial charge in [0, 0.05) is 5.56 Å². The van der Waals surface area contributed by atoms with Crippen LogP contribution in [0.5, 0.6) is 11.5 Å². The van der Waals surface area contributed by atoms with E-state index in [4.69, 9.17) is 27.9 Å². The lowest BCUT2D eigenvalue weighted by molar-refractivity contribution is 0.484. The molecule has 3 aromatic rings. The van der Waals surface area contributed by atoms with Crippen LogP contribution >= 0.6 is 35.1 Å². The van der Waals surface area contributed by atoms with Gasteiger partial charge in [-0.15, -0.1) is 0 Å². The van der Waals surface area contributed by atoms with Gasteiger partial charge in [0.2, 0.25) is 5.96 Å². The number of hydrogen-bond acceptors (Lipinski definition) is 3. The van der Waals surface area contributed by atoms with Gasteiger partial charge >= 0.3 is 0 Å². The SMILES string of the molecule is Fc1c(Cl)cccc1CN=C1NSc2cccc(Oc3ccccc3Cl)c2N1. The molecule has 142 valence electrons. The van der Waals surface area contributed by atoms with Gasteiger partial charge in [0.25, 0.3) is 0 Å². The topological polar surface area (TPSA) is 45.7 Å². The maximum atomic E-state index is 14.1. The molecular weight excluding hydrogens is 420 g/mol. The van der Waals surface area contributed by atoms with Crippen LogP contribution in [0.2, 0.25) is 10.0 Å². The Morgan fingerprint density at radius 3 is 2.54 bits per heavy atom. The van der Waals surface area contributed by atoms with Crippen molar-refractivity contribution in [2.75, 3.05) is 5.32 Å². The first-order valence-corrected chi connectivity index (χ1v) is 9.91. The Balaban J connectivity index is 1.57. The summed E-state index contributed by atoms with van der Waals surface area (Å²) in [6.45, 7) is 0.144. The Morgan fingerprint density at radius 2 is 1.68 bits per heavy atom. The number of rotatable bonds is 4. The van der Waals surface area contributed by atoms with Crippen molar-refractivity contribution in [2.45, 2.75) is 11.4 Å². The van der Waals surface area contributed by atoms with E-state index in [0.29, 0.717) is 28.0 Å². The predicted molar refractivity (Wildman–Crippen MR) is 113 cm³/mol. The van der Waals surface area contributed by atoms with Gasteiger partial charge < -0.3 is 10.1 Å². The molecule has 0 bridgehead atoms. The first-order chi connectivity index (χ1) is 13.6. The number of ether oxygens (including phenoxy) is 1. The quantitative estimate of drug-likeness (QED) is 0.460. The van der Waals surface area contributed by atoms with Gasteiger partial charge in [0.1, 0.15) is 11.6 Å². The summed E-state index contributed by atoms with van der Waals surface area (Å²) in [7, 11) is 0. The van der Waals surface area contributed by atoms with Gasteiger partial charge in [-0.3, -0.25) is 4.72 Å². The van der Waals surface area contributed by atoms with Crippen LogP contribution in [0, 0.1) is 5.82 Å². The average molecular weight is 434 g/mol. The third-order valence-electron chi connectivity index (χ3n) is 3.98. The second-order valence-corrected chi connectivity index (χ2v) is 7.53. The molecule has 0 atom stereocenters. The minimum atomic E-state index is -0.458. The van der Waals surface area contributed by atoms with E-state index in [0.717, 1.165) is 10.6 Å². The van der Waals surface area contributed by atoms with Crippen LogP contribution in [0.3, 0.4) is 0 Å². The van der Waals surface area contributed by atoms with Crippen molar-refractivity contribution in [2.24, 2.45) is 4.99 Å². The summed E-state index contributed by atoms with van der Waals surface area (Å²) < 4.78 is 23.1. The summed E-state index contributed by atoms with van der Waals surface area (Å²) in [6, 6.07) is 17.8. The van der Waals surface area contributed by atoms with Crippen molar-refractivity contribution in [3.8, 4) is 11.5 Å². The normalized spacial score (nSPS) is 14.2. The van der Waals surface area contributed by atoms with Crippen molar-refractivity contribution in [1.29, 1.82) is 0 Å². The molecule has 1 aliphatic heterocycles. The minimum Gasteiger partial charge on any atom is -0.454 e. The molecule has 4 rings (SSSR count). The molecule has 0 aliphatic carbocycles. The molecule has 8 heteroatoms. The first kappa shape index (κ1) is 18.9. The zero-order valence-electron chi connectivity index (χ0n) is 14.4. The average Bonchev–Trinajstić information content (AvgIpc) is 2.71. The van der Waals surface area contributed by atoms with Crippen molar-refractivity contribution in [3.63, 3.8) is 0 Å². The molecule has 0 saturated heterocycles. The van der Waals surface area contributed by atoms with Gasteiger partial charge in [-0.1, -0.05) is 53.5 Å². The number of nitrogens with one attached hydrogen (secondary N) is 2. The molecule has 0 unspecified atom stereocenters. The van der Waals surface area contributed by atoms with Crippen LogP contribution in [-0.4, -0.2) is 5.96 Å². The standard InChI is InChI=1S/C20H14Cl2FN3OS/c21-13-6-1-2-8-15(13)27-16-9-4-10-17-19(16)25-20(26-28-17)24-11-12-5-3-7-14(22)18(12)23/h1-10H,11H2,(H2,24,25,26). The molecule has 0 amide bonds. The number of fused-ring (bicyclic) bond motifs is 1. The van der Waals surface area contributed by atoms with Gasteiger partial charge in [0.15, 0.2) is 5.75 Å². The molecule has 3 aromatic carbocycles. The largest absolute Gasteiger partial charge is 0.454 e. The zero-order valence-corrected chi connectivity index (χ0v) is 16.7. The summed E-state index contributed by atoms with van der Waals surface area (Å²) in [5.74, 6) is 1.20. The molecular formula is C20H14Cl2FN3OS. The Labute approximate surface area is 175 Å². The van der Waals surface area contributed by atoms with Crippen molar-refractivity contribution >= 4 is 46.8 Å². The van der Waals surface area contributed by atoms with E-state index in [1.54, 1.807) is 24.3 Å². The highest BCUT2D eigenvalue weighted by Crippen LogP contribution is 2.40. The Kier molecular flexibility index (Phi) is 5.62. The number of aliphatic imine (C=N–C) groups is 1. The third-order valence-corrected chi connectivity index (χ3v) is 5.44. The van der Waals surface area contributed by atoms with Crippen LogP contribution in [0.25, 0.3) is 0 Å². The molecule has 1 heterocycles. The second kappa shape index (κ2) is 8.31. The molecule has 1 aliphatic rings. The molecule has 4 nitrogen and oxygen atoms in total. The summed E-state index contributed by atoms with van der Waals surface area (Å²) in [5, 5.41) is 3.81. The Hall–Kier alpha value is -2.41. The fourth-order valence-electron chi connectivity index (χ4n) is 2.60. The fraction of sp³-hybridized carbons (Fsp3) is 0.0500. The van der Waals surface area contributed by atoms with E-state index in [-0.39, 0.29) is 11.6 Å². The van der Waals surface area contributed by atoms with Crippen LogP contribution in [0.4, 0.5) is 10.1 Å². The highest BCUT2D eigenvalue weighted by atomic mass is 35.5. The molecule has 0 fully saturated rings. The Bertz CT molecular complexity index is 1060. The van der Waals surface area contributed by atoms with Crippen LogP contribution in [-0.2, 0) is 6.54 Å². The number of para-hydroxylation sites is 2. The Morgan fingerprint density at radius 1 is 0.929 bits per heavy atom. The number of benzene rings is 3. The number of hydrogen-bond donors (Lipinski definition) is 2. The van der Waals surface area contributed by atoms with Gasteiger partial charge in [-0.2, -0.15) is 0 Å². The summed E-state index contributed by atoms with van der Waals surface area (Å²) in [5.41, 5.74) is 1.18. The smallest absolute Gasteiger partial charge is 0.206 e. The first-order valence-electron chi connectivity index (χ1n) is 8.34. The summed E-state index contributed by atoms with van der Waals surface area (Å²) in [4.78, 5) is 5.36. The van der Waals surface area contributed by atoms with E-state index >= 15 is 0 Å². The van der Waals surface area contributed by atoms with Gasteiger partial charge in [0.05, 0.1) is 27.2 Å². The van der Waals surface area contributed by atoms with Crippen molar-refractivity contribution in [3.05, 3.63) is 82.1 Å². The maximum Gasteiger partial charge on any atom is 0.206 e. The van der Waals surface area contributed by atoms with Crippen LogP contribution in [0.1, 0.15) is 5.56 Å². The number of guanidine groups is 1. The summed E-state index contributed by atoms with van der Waals surface area (Å²) in [6.07, 6.45) is 0. The zero-order chi connectivity index (χ0) is 19.5. The van der Waals surface area contributed by atoms with Crippen molar-refractivity contribution < 1.29 is 9.13 Å². The molecule has 2 N–H and O–H groups in total. The number of nitrogens with zero attached hydrogens (tertiary/aromatic N) is 1. The third kappa shape index (κ3) is 4.04. The van der Waals surface area contributed by atoms with E-state index in [1.807, 2.05) is 30.3 Å². The molecule has 0 spiro atoms. The highest BCUT2D eigenvalue weighted by molar-refractivity contribution is 7.98. The minimum absolute atomic E-state index is 0.0809. The van der Waals surface area contributed by atoms with Crippen LogP contribution in [0.15, 0.2) is 70.6 Å². The molecule has 0 saturated carbocycles. The monoisotopic (exact) mass is 433 g/mol. The molecule has 0 radical (unpaired) electrons. The van der Waals surface area contributed by atoms with Crippen molar-refractivity contribution in [1.82, 2.24) is 4.72 Å². The van der Waals surface area contributed by atoms with E-state index in [1.165, 1.54) is 18.0 Å². The predicted octanol–water partition coefficient (Wildman–Crippen LogP) is 6.50. The maximum absolute atomic E-state index is 14.1. The number of anilines is 1. The molecule has 0 aromatic heterocycles. The van der Waals surface area contributed by atoms with E-state index in [9.17, 15) is 4.39 Å². The fourth-order valence-corrected chi connectivity index (χ4v) is 3.70. The summed E-state index contributed by atoms with van der Waals surface area (Å²) >= 11 is 13.4. The second-order valence-electron chi connectivity index (χ2n) is 5.87. The highest BCUT2D eigenvalue weighted by Gasteiger charge is 2.19. The lowest BCUT2D eigenvalue weighted by atomic mass is 10.2. The number of halogens is 3. The lowest BCUT2D eigenvalue weighted by Gasteiger charge is -2.23. The van der Waals surface area contributed by atoms with Gasteiger partial charge in [-0.05, 0) is 42.3 Å². The van der Waals surface area contributed by atoms with Gasteiger partial charge in [-0.25, -0.2) is 9.38 Å². The van der Waals surface area contributed by atoms with E-state index in [2.05, 4.69) is 15.0 Å². The van der Waals surface area contributed by atoms with E-state index < -0.39 is 5.82 Å². The molecule has 28 heavy (non-hydrogen) atoms. The van der Waals surface area contributed by atoms with Crippen LogP contribution < -0.4 is 14.8 Å².